The van der Waals surface area contributed by atoms with Crippen LogP contribution in [0.15, 0.2) is 67.0 Å². The zero-order chi connectivity index (χ0) is 18.2. The number of rotatable bonds is 4. The Bertz CT molecular complexity index is 1130. The summed E-state index contributed by atoms with van der Waals surface area (Å²) in [7, 11) is 0. The highest BCUT2D eigenvalue weighted by Crippen LogP contribution is 2.32. The summed E-state index contributed by atoms with van der Waals surface area (Å²) in [6.07, 6.45) is 4.67. The second-order valence-corrected chi connectivity index (χ2v) is 7.56. The minimum Gasteiger partial charge on any atom is -0.316 e. The van der Waals surface area contributed by atoms with E-state index in [-0.39, 0.29) is 12.0 Å². The van der Waals surface area contributed by atoms with Gasteiger partial charge in [0.2, 0.25) is 5.13 Å². The number of carbonyl (C=O) groups excluding carboxylic acids is 1. The predicted octanol–water partition coefficient (Wildman–Crippen LogP) is 5.28. The van der Waals surface area contributed by atoms with Crippen LogP contribution in [0.4, 0.5) is 5.13 Å². The van der Waals surface area contributed by atoms with Crippen LogP contribution < -0.4 is 5.48 Å². The molecule has 5 rings (SSSR count). The molecule has 0 bridgehead atoms. The molecule has 5 nitrogen and oxygen atoms in total. The van der Waals surface area contributed by atoms with Gasteiger partial charge in [-0.05, 0) is 34.5 Å². The summed E-state index contributed by atoms with van der Waals surface area (Å²) in [5, 5.41) is 3.13. The van der Waals surface area contributed by atoms with Crippen molar-refractivity contribution in [3.63, 3.8) is 0 Å². The van der Waals surface area contributed by atoms with Gasteiger partial charge >= 0.3 is 0 Å². The number of anilines is 1. The maximum Gasteiger partial charge on any atom is 0.207 e. The number of fused-ring (bicyclic) bond motifs is 2. The van der Waals surface area contributed by atoms with Gasteiger partial charge in [0.25, 0.3) is 0 Å². The van der Waals surface area contributed by atoms with Crippen molar-refractivity contribution in [3.05, 3.63) is 72.7 Å². The summed E-state index contributed by atoms with van der Waals surface area (Å²) in [6.45, 7) is 0. The Morgan fingerprint density at radius 3 is 2.93 bits per heavy atom. The fourth-order valence-corrected chi connectivity index (χ4v) is 4.19. The molecule has 4 aromatic rings. The second kappa shape index (κ2) is 6.64. The van der Waals surface area contributed by atoms with E-state index in [4.69, 9.17) is 4.84 Å². The molecule has 0 radical (unpaired) electrons. The molecule has 0 fully saturated rings. The quantitative estimate of drug-likeness (QED) is 0.493. The Hall–Kier alpha value is -2.96. The molecule has 0 saturated heterocycles. The smallest absolute Gasteiger partial charge is 0.207 e. The lowest BCUT2D eigenvalue weighted by Crippen LogP contribution is -2.25. The van der Waals surface area contributed by atoms with Crippen molar-refractivity contribution in [2.24, 2.45) is 0 Å². The SMILES string of the molecule is O=C1CCC(ONc2ncc(-c3ccc4ccccc4c3)s2)n2cccc21. The van der Waals surface area contributed by atoms with Crippen molar-refractivity contribution >= 4 is 33.0 Å². The zero-order valence-electron chi connectivity index (χ0n) is 14.5. The van der Waals surface area contributed by atoms with Crippen LogP contribution in [0.1, 0.15) is 29.6 Å². The van der Waals surface area contributed by atoms with E-state index < -0.39 is 0 Å². The van der Waals surface area contributed by atoms with Crippen LogP contribution >= 0.6 is 11.3 Å². The number of carbonyl (C=O) groups is 1. The van der Waals surface area contributed by atoms with Gasteiger partial charge in [-0.1, -0.05) is 47.7 Å². The number of benzene rings is 2. The van der Waals surface area contributed by atoms with E-state index in [2.05, 4.69) is 40.8 Å². The normalized spacial score (nSPS) is 16.4. The lowest BCUT2D eigenvalue weighted by molar-refractivity contribution is 0.0234. The average Bonchev–Trinajstić information content (AvgIpc) is 3.37. The monoisotopic (exact) mass is 375 g/mol. The van der Waals surface area contributed by atoms with Gasteiger partial charge in [0.05, 0.1) is 10.6 Å². The van der Waals surface area contributed by atoms with E-state index in [1.54, 1.807) is 11.3 Å². The van der Waals surface area contributed by atoms with Crippen molar-refractivity contribution < 1.29 is 9.63 Å². The van der Waals surface area contributed by atoms with Crippen LogP contribution in [-0.2, 0) is 4.84 Å². The fourth-order valence-electron chi connectivity index (χ4n) is 3.43. The van der Waals surface area contributed by atoms with Gasteiger partial charge in [-0.2, -0.15) is 0 Å². The van der Waals surface area contributed by atoms with E-state index in [9.17, 15) is 4.79 Å². The van der Waals surface area contributed by atoms with Gasteiger partial charge in [-0.15, -0.1) is 0 Å². The van der Waals surface area contributed by atoms with Crippen LogP contribution in [0.2, 0.25) is 0 Å². The Morgan fingerprint density at radius 2 is 2.00 bits per heavy atom. The average molecular weight is 375 g/mol. The standard InChI is InChI=1S/C21H17N3O2S/c25-18-9-10-20(24-11-3-6-17(18)24)26-23-21-22-13-19(27-21)16-8-7-14-4-1-2-5-15(14)12-16/h1-8,11-13,20H,9-10H2,(H,22,23). The predicted molar refractivity (Wildman–Crippen MR) is 107 cm³/mol. The molecule has 6 heteroatoms. The summed E-state index contributed by atoms with van der Waals surface area (Å²) in [4.78, 5) is 23.2. The Labute approximate surface area is 160 Å². The molecule has 2 aromatic heterocycles. The first-order valence-corrected chi connectivity index (χ1v) is 9.66. The highest BCUT2D eigenvalue weighted by atomic mass is 32.1. The van der Waals surface area contributed by atoms with Crippen molar-refractivity contribution in [1.82, 2.24) is 9.55 Å². The number of thiazole rings is 1. The molecule has 2 aromatic carbocycles. The van der Waals surface area contributed by atoms with Crippen molar-refractivity contribution in [2.45, 2.75) is 19.1 Å². The molecule has 0 aliphatic carbocycles. The molecule has 1 aliphatic rings. The number of nitrogens with zero attached hydrogens (tertiary/aromatic N) is 2. The van der Waals surface area contributed by atoms with Crippen LogP contribution in [0, 0.1) is 0 Å². The van der Waals surface area contributed by atoms with Crippen molar-refractivity contribution in [1.29, 1.82) is 0 Å². The molecule has 1 N–H and O–H groups in total. The van der Waals surface area contributed by atoms with Crippen LogP contribution in [0.3, 0.4) is 0 Å². The van der Waals surface area contributed by atoms with Gasteiger partial charge in [-0.25, -0.2) is 15.3 Å². The number of ketones is 1. The van der Waals surface area contributed by atoms with Crippen molar-refractivity contribution in [2.75, 3.05) is 5.48 Å². The highest BCUT2D eigenvalue weighted by Gasteiger charge is 2.25. The number of nitrogens with one attached hydrogen (secondary N) is 1. The van der Waals surface area contributed by atoms with E-state index in [1.807, 2.05) is 41.2 Å². The summed E-state index contributed by atoms with van der Waals surface area (Å²) in [6, 6.07) is 18.4. The van der Waals surface area contributed by atoms with Gasteiger partial charge in [0, 0.05) is 25.2 Å². The zero-order valence-corrected chi connectivity index (χ0v) is 15.3. The molecular weight excluding hydrogens is 358 g/mol. The Morgan fingerprint density at radius 1 is 1.11 bits per heavy atom. The van der Waals surface area contributed by atoms with E-state index >= 15 is 0 Å². The largest absolute Gasteiger partial charge is 0.316 e. The lowest BCUT2D eigenvalue weighted by Gasteiger charge is -2.24. The minimum atomic E-state index is -0.208. The number of hydrogen-bond acceptors (Lipinski definition) is 5. The molecule has 0 amide bonds. The molecule has 1 atom stereocenters. The third-order valence-electron chi connectivity index (χ3n) is 4.82. The number of Topliss-reactive ketones (excluding diaryl/α,β-unsaturated/α-hetero) is 1. The number of hydrogen-bond donors (Lipinski definition) is 1. The van der Waals surface area contributed by atoms with Crippen LogP contribution in [0.25, 0.3) is 21.2 Å². The fraction of sp³-hybridized carbons (Fsp3) is 0.143. The molecule has 27 heavy (non-hydrogen) atoms. The maximum atomic E-state index is 11.9. The summed E-state index contributed by atoms with van der Waals surface area (Å²) in [5.41, 5.74) is 4.80. The molecule has 3 heterocycles. The summed E-state index contributed by atoms with van der Waals surface area (Å²) < 4.78 is 1.87. The molecule has 1 aliphatic heterocycles. The van der Waals surface area contributed by atoms with Gasteiger partial charge in [0.15, 0.2) is 12.0 Å². The Kier molecular flexibility index (Phi) is 3.99. The molecule has 134 valence electrons. The van der Waals surface area contributed by atoms with Crippen molar-refractivity contribution in [3.8, 4) is 10.4 Å². The van der Waals surface area contributed by atoms with Gasteiger partial charge in [0.1, 0.15) is 0 Å². The highest BCUT2D eigenvalue weighted by molar-refractivity contribution is 7.18. The van der Waals surface area contributed by atoms with Crippen LogP contribution in [0.5, 0.6) is 0 Å². The third-order valence-corrected chi connectivity index (χ3v) is 5.76. The third kappa shape index (κ3) is 3.03. The minimum absolute atomic E-state index is 0.160. The lowest BCUT2D eigenvalue weighted by atomic mass is 10.1. The maximum absolute atomic E-state index is 11.9. The topological polar surface area (TPSA) is 56.1 Å². The van der Waals surface area contributed by atoms with E-state index in [0.717, 1.165) is 10.4 Å². The molecule has 0 spiro atoms. The van der Waals surface area contributed by atoms with Gasteiger partial charge < -0.3 is 4.57 Å². The molecule has 1 unspecified atom stereocenters. The first-order valence-electron chi connectivity index (χ1n) is 8.85. The molecule has 0 saturated carbocycles. The summed E-state index contributed by atoms with van der Waals surface area (Å²) >= 11 is 1.54. The molecular formula is C21H17N3O2S. The second-order valence-electron chi connectivity index (χ2n) is 6.53. The van der Waals surface area contributed by atoms with E-state index in [0.29, 0.717) is 23.7 Å². The first-order chi connectivity index (χ1) is 13.3. The van der Waals surface area contributed by atoms with Crippen LogP contribution in [-0.4, -0.2) is 15.3 Å². The Balaban J connectivity index is 1.33. The number of aromatic nitrogens is 2. The van der Waals surface area contributed by atoms with Gasteiger partial charge in [-0.3, -0.25) is 4.79 Å². The van der Waals surface area contributed by atoms with E-state index in [1.165, 1.54) is 10.8 Å². The summed E-state index contributed by atoms with van der Waals surface area (Å²) in [5.74, 6) is 0.160. The first kappa shape index (κ1) is 16.2.